The average molecular weight is 235 g/mol. The number of ketones is 1. The molecular weight excluding hydrogens is 226 g/mol. The fourth-order valence-electron chi connectivity index (χ4n) is 1.13. The van der Waals surface area contributed by atoms with Crippen LogP contribution in [-0.4, -0.2) is 12.4 Å². The predicted molar refractivity (Wildman–Crippen MR) is 52.5 cm³/mol. The Morgan fingerprint density at radius 1 is 1.53 bits per heavy atom. The molecule has 0 saturated heterocycles. The van der Waals surface area contributed by atoms with Crippen molar-refractivity contribution in [2.24, 2.45) is 0 Å². The molecule has 0 spiro atoms. The van der Waals surface area contributed by atoms with E-state index in [-0.39, 0.29) is 18.0 Å². The van der Waals surface area contributed by atoms with Gasteiger partial charge in [0.2, 0.25) is 0 Å². The molecular formula is C10H9ClF2O2. The molecule has 0 aliphatic heterocycles. The first-order valence-corrected chi connectivity index (χ1v) is 4.59. The van der Waals surface area contributed by atoms with Crippen molar-refractivity contribution in [1.29, 1.82) is 0 Å². The minimum atomic E-state index is -2.88. The van der Waals surface area contributed by atoms with E-state index in [1.54, 1.807) is 0 Å². The second-order valence-corrected chi connectivity index (χ2v) is 3.42. The first-order valence-electron chi connectivity index (χ1n) is 4.21. The van der Waals surface area contributed by atoms with Gasteiger partial charge in [0, 0.05) is 11.4 Å². The second kappa shape index (κ2) is 5.07. The molecule has 1 aromatic carbocycles. The van der Waals surface area contributed by atoms with Gasteiger partial charge in [0.05, 0.1) is 0 Å². The molecule has 0 heterocycles. The first kappa shape index (κ1) is 11.9. The highest BCUT2D eigenvalue weighted by Gasteiger charge is 2.08. The Kier molecular flexibility index (Phi) is 4.03. The molecule has 1 rings (SSSR count). The smallest absolute Gasteiger partial charge is 0.387 e. The van der Waals surface area contributed by atoms with Crippen LogP contribution < -0.4 is 4.74 Å². The molecule has 0 aliphatic rings. The largest absolute Gasteiger partial charge is 0.435 e. The lowest BCUT2D eigenvalue weighted by atomic mass is 10.1. The van der Waals surface area contributed by atoms with Gasteiger partial charge >= 0.3 is 6.61 Å². The zero-order valence-electron chi connectivity index (χ0n) is 7.97. The van der Waals surface area contributed by atoms with Crippen LogP contribution in [0.3, 0.4) is 0 Å². The fraction of sp³-hybridized carbons (Fsp3) is 0.300. The van der Waals surface area contributed by atoms with Crippen LogP contribution in [0.1, 0.15) is 12.5 Å². The van der Waals surface area contributed by atoms with Gasteiger partial charge < -0.3 is 4.74 Å². The van der Waals surface area contributed by atoms with Crippen LogP contribution >= 0.6 is 11.6 Å². The van der Waals surface area contributed by atoms with Crippen molar-refractivity contribution in [2.45, 2.75) is 20.0 Å². The first-order chi connectivity index (χ1) is 6.99. The standard InChI is InChI=1S/C10H9ClF2O2/c1-6(14)4-7-5-8(15-10(12)13)2-3-9(7)11/h2-3,5,10H,4H2,1H3. The van der Waals surface area contributed by atoms with E-state index in [9.17, 15) is 13.6 Å². The summed E-state index contributed by atoms with van der Waals surface area (Å²) in [6.45, 7) is -1.48. The highest BCUT2D eigenvalue weighted by Crippen LogP contribution is 2.23. The average Bonchev–Trinajstić information content (AvgIpc) is 2.09. The molecule has 0 saturated carbocycles. The third-order valence-corrected chi connectivity index (χ3v) is 2.05. The van der Waals surface area contributed by atoms with E-state index in [4.69, 9.17) is 11.6 Å². The van der Waals surface area contributed by atoms with Crippen LogP contribution in [0.2, 0.25) is 5.02 Å². The van der Waals surface area contributed by atoms with Gasteiger partial charge in [-0.1, -0.05) is 11.6 Å². The summed E-state index contributed by atoms with van der Waals surface area (Å²) in [5, 5.41) is 0.367. The van der Waals surface area contributed by atoms with Crippen LogP contribution in [0.4, 0.5) is 8.78 Å². The van der Waals surface area contributed by atoms with E-state index >= 15 is 0 Å². The zero-order valence-corrected chi connectivity index (χ0v) is 8.72. The summed E-state index contributed by atoms with van der Waals surface area (Å²) < 4.78 is 28.0. The van der Waals surface area contributed by atoms with Crippen molar-refractivity contribution in [3.63, 3.8) is 0 Å². The number of hydrogen-bond acceptors (Lipinski definition) is 2. The summed E-state index contributed by atoms with van der Waals surface area (Å²) >= 11 is 5.78. The lowest BCUT2D eigenvalue weighted by Gasteiger charge is -2.07. The van der Waals surface area contributed by atoms with Gasteiger partial charge in [0.25, 0.3) is 0 Å². The molecule has 15 heavy (non-hydrogen) atoms. The Morgan fingerprint density at radius 2 is 2.20 bits per heavy atom. The van der Waals surface area contributed by atoms with Gasteiger partial charge in [0.1, 0.15) is 11.5 Å². The molecule has 0 N–H and O–H groups in total. The molecule has 0 bridgehead atoms. The Hall–Kier alpha value is -1.16. The third-order valence-electron chi connectivity index (χ3n) is 1.68. The van der Waals surface area contributed by atoms with Gasteiger partial charge in [-0.2, -0.15) is 8.78 Å². The number of benzene rings is 1. The van der Waals surface area contributed by atoms with Crippen molar-refractivity contribution >= 4 is 17.4 Å². The summed E-state index contributed by atoms with van der Waals surface area (Å²) in [4.78, 5) is 10.9. The van der Waals surface area contributed by atoms with Crippen LogP contribution in [0, 0.1) is 0 Å². The van der Waals surface area contributed by atoms with Crippen molar-refractivity contribution in [3.05, 3.63) is 28.8 Å². The fourth-order valence-corrected chi connectivity index (χ4v) is 1.32. The highest BCUT2D eigenvalue weighted by atomic mass is 35.5. The van der Waals surface area contributed by atoms with Gasteiger partial charge in [-0.05, 0) is 30.7 Å². The topological polar surface area (TPSA) is 26.3 Å². The number of carbonyl (C=O) groups excluding carboxylic acids is 1. The Balaban J connectivity index is 2.89. The summed E-state index contributed by atoms with van der Waals surface area (Å²) in [6, 6.07) is 4.10. The molecule has 5 heteroatoms. The van der Waals surface area contributed by atoms with Crippen molar-refractivity contribution in [3.8, 4) is 5.75 Å². The Morgan fingerprint density at radius 3 is 2.73 bits per heavy atom. The SMILES string of the molecule is CC(=O)Cc1cc(OC(F)F)ccc1Cl. The lowest BCUT2D eigenvalue weighted by Crippen LogP contribution is -2.03. The molecule has 0 atom stereocenters. The van der Waals surface area contributed by atoms with Crippen LogP contribution in [0.25, 0.3) is 0 Å². The number of Topliss-reactive ketones (excluding diaryl/α,β-unsaturated/α-hetero) is 1. The van der Waals surface area contributed by atoms with E-state index in [1.165, 1.54) is 25.1 Å². The molecule has 0 radical (unpaired) electrons. The number of alkyl halides is 2. The molecule has 1 aromatic rings. The summed E-state index contributed by atoms with van der Waals surface area (Å²) in [7, 11) is 0. The Bertz CT molecular complexity index is 366. The van der Waals surface area contributed by atoms with Crippen molar-refractivity contribution < 1.29 is 18.3 Å². The molecule has 0 fully saturated rings. The minimum Gasteiger partial charge on any atom is -0.435 e. The number of ether oxygens (including phenoxy) is 1. The van der Waals surface area contributed by atoms with E-state index in [1.807, 2.05) is 0 Å². The van der Waals surface area contributed by atoms with Crippen molar-refractivity contribution in [2.75, 3.05) is 0 Å². The van der Waals surface area contributed by atoms with E-state index < -0.39 is 6.61 Å². The van der Waals surface area contributed by atoms with Gasteiger partial charge in [-0.15, -0.1) is 0 Å². The normalized spacial score (nSPS) is 10.5. The predicted octanol–water partition coefficient (Wildman–Crippen LogP) is 3.07. The highest BCUT2D eigenvalue weighted by molar-refractivity contribution is 6.31. The van der Waals surface area contributed by atoms with Crippen LogP contribution in [0.5, 0.6) is 5.75 Å². The second-order valence-electron chi connectivity index (χ2n) is 3.01. The maximum atomic E-state index is 11.9. The summed E-state index contributed by atoms with van der Waals surface area (Å²) in [6.07, 6.45) is 0.110. The number of halogens is 3. The molecule has 0 aliphatic carbocycles. The summed E-state index contributed by atoms with van der Waals surface area (Å²) in [5.74, 6) is -0.0863. The van der Waals surface area contributed by atoms with Crippen molar-refractivity contribution in [1.82, 2.24) is 0 Å². The maximum absolute atomic E-state index is 11.9. The van der Waals surface area contributed by atoms with Gasteiger partial charge in [-0.25, -0.2) is 0 Å². The Labute approximate surface area is 90.8 Å². The molecule has 2 nitrogen and oxygen atoms in total. The maximum Gasteiger partial charge on any atom is 0.387 e. The third kappa shape index (κ3) is 3.83. The molecule has 0 unspecified atom stereocenters. The van der Waals surface area contributed by atoms with E-state index in [2.05, 4.69) is 4.74 Å². The van der Waals surface area contributed by atoms with Crippen LogP contribution in [0.15, 0.2) is 18.2 Å². The van der Waals surface area contributed by atoms with E-state index in [0.717, 1.165) is 0 Å². The number of rotatable bonds is 4. The quantitative estimate of drug-likeness (QED) is 0.800. The number of carbonyl (C=O) groups is 1. The summed E-state index contributed by atoms with van der Waals surface area (Å²) in [5.41, 5.74) is 0.488. The molecule has 0 aromatic heterocycles. The van der Waals surface area contributed by atoms with E-state index in [0.29, 0.717) is 10.6 Å². The molecule has 82 valence electrons. The minimum absolute atomic E-state index is 0.00523. The monoisotopic (exact) mass is 234 g/mol. The lowest BCUT2D eigenvalue weighted by molar-refractivity contribution is -0.116. The van der Waals surface area contributed by atoms with Crippen LogP contribution in [-0.2, 0) is 11.2 Å². The van der Waals surface area contributed by atoms with Gasteiger partial charge in [-0.3, -0.25) is 4.79 Å². The van der Waals surface area contributed by atoms with Gasteiger partial charge in [0.15, 0.2) is 0 Å². The number of hydrogen-bond donors (Lipinski definition) is 0. The zero-order chi connectivity index (χ0) is 11.4. The molecule has 0 amide bonds.